The van der Waals surface area contributed by atoms with Crippen molar-refractivity contribution in [2.24, 2.45) is 5.92 Å². The maximum Gasteiger partial charge on any atom is 0.122 e. The van der Waals surface area contributed by atoms with Crippen LogP contribution in [-0.2, 0) is 11.2 Å². The van der Waals surface area contributed by atoms with E-state index in [1.807, 2.05) is 7.05 Å². The van der Waals surface area contributed by atoms with Gasteiger partial charge in [0.25, 0.3) is 0 Å². The Labute approximate surface area is 116 Å². The van der Waals surface area contributed by atoms with E-state index in [1.54, 1.807) is 7.11 Å². The van der Waals surface area contributed by atoms with Gasteiger partial charge in [0.05, 0.1) is 13.2 Å². The fourth-order valence-electron chi connectivity index (χ4n) is 2.92. The molecule has 3 heteroatoms. The van der Waals surface area contributed by atoms with Crippen LogP contribution in [0.2, 0.25) is 0 Å². The minimum atomic E-state index is 0.301. The van der Waals surface area contributed by atoms with Gasteiger partial charge in [-0.25, -0.2) is 0 Å². The lowest BCUT2D eigenvalue weighted by atomic mass is 9.92. The smallest absolute Gasteiger partial charge is 0.122 e. The van der Waals surface area contributed by atoms with Crippen LogP contribution in [0.15, 0.2) is 18.2 Å². The second-order valence-electron chi connectivity index (χ2n) is 5.52. The van der Waals surface area contributed by atoms with Gasteiger partial charge in [0.15, 0.2) is 0 Å². The molecule has 1 fully saturated rings. The molecule has 106 valence electrons. The molecule has 3 atom stereocenters. The number of likely N-dealkylation sites (N-methyl/N-ethyl adjacent to an activating group) is 1. The standard InChI is InChI=1S/C16H25NO2/c1-11-5-6-15(18-4)13(9-11)10-14(17-3)16-12(2)7-8-19-16/h5-6,9,12,14,16-17H,7-8,10H2,1-4H3. The topological polar surface area (TPSA) is 30.5 Å². The first kappa shape index (κ1) is 14.4. The number of aryl methyl sites for hydroxylation is 1. The first-order chi connectivity index (χ1) is 9.15. The van der Waals surface area contributed by atoms with Gasteiger partial charge in [-0.05, 0) is 44.4 Å². The molecule has 0 amide bonds. The van der Waals surface area contributed by atoms with Crippen LogP contribution < -0.4 is 10.1 Å². The largest absolute Gasteiger partial charge is 0.496 e. The predicted octanol–water partition coefficient (Wildman–Crippen LogP) is 2.56. The molecular weight excluding hydrogens is 238 g/mol. The molecule has 1 aliphatic rings. The van der Waals surface area contributed by atoms with Crippen molar-refractivity contribution in [2.45, 2.75) is 38.8 Å². The zero-order valence-electron chi connectivity index (χ0n) is 12.4. The molecule has 1 heterocycles. The summed E-state index contributed by atoms with van der Waals surface area (Å²) in [5.41, 5.74) is 2.52. The Kier molecular flexibility index (Phi) is 4.83. The van der Waals surface area contributed by atoms with Gasteiger partial charge in [-0.3, -0.25) is 0 Å². The lowest BCUT2D eigenvalue weighted by molar-refractivity contribution is 0.0632. The van der Waals surface area contributed by atoms with Crippen molar-refractivity contribution in [2.75, 3.05) is 20.8 Å². The quantitative estimate of drug-likeness (QED) is 0.885. The van der Waals surface area contributed by atoms with Crippen molar-refractivity contribution >= 4 is 0 Å². The molecule has 3 unspecified atom stereocenters. The van der Waals surface area contributed by atoms with Crippen molar-refractivity contribution in [3.8, 4) is 5.75 Å². The van der Waals surface area contributed by atoms with Crippen LogP contribution in [0, 0.1) is 12.8 Å². The third-order valence-electron chi connectivity index (χ3n) is 4.09. The normalized spacial score (nSPS) is 24.4. The van der Waals surface area contributed by atoms with Gasteiger partial charge < -0.3 is 14.8 Å². The van der Waals surface area contributed by atoms with E-state index < -0.39 is 0 Å². The number of nitrogens with one attached hydrogen (secondary N) is 1. The zero-order valence-corrected chi connectivity index (χ0v) is 12.4. The van der Waals surface area contributed by atoms with Crippen LogP contribution in [0.25, 0.3) is 0 Å². The highest BCUT2D eigenvalue weighted by Crippen LogP contribution is 2.27. The monoisotopic (exact) mass is 263 g/mol. The van der Waals surface area contributed by atoms with E-state index in [2.05, 4.69) is 37.4 Å². The first-order valence-electron chi connectivity index (χ1n) is 7.08. The molecule has 0 spiro atoms. The number of rotatable bonds is 5. The summed E-state index contributed by atoms with van der Waals surface area (Å²) in [7, 11) is 3.75. The van der Waals surface area contributed by atoms with Gasteiger partial charge in [0.2, 0.25) is 0 Å². The Morgan fingerprint density at radius 2 is 2.26 bits per heavy atom. The van der Waals surface area contributed by atoms with Crippen LogP contribution >= 0.6 is 0 Å². The fraction of sp³-hybridized carbons (Fsp3) is 0.625. The highest BCUT2D eigenvalue weighted by Gasteiger charge is 2.31. The molecule has 1 saturated heterocycles. The second kappa shape index (κ2) is 6.40. The van der Waals surface area contributed by atoms with E-state index in [9.17, 15) is 0 Å². The van der Waals surface area contributed by atoms with Crippen molar-refractivity contribution < 1.29 is 9.47 Å². The van der Waals surface area contributed by atoms with Crippen molar-refractivity contribution in [1.29, 1.82) is 0 Å². The molecule has 0 radical (unpaired) electrons. The zero-order chi connectivity index (χ0) is 13.8. The summed E-state index contributed by atoms with van der Waals surface area (Å²) in [4.78, 5) is 0. The Morgan fingerprint density at radius 3 is 2.84 bits per heavy atom. The van der Waals surface area contributed by atoms with Gasteiger partial charge in [-0.1, -0.05) is 24.6 Å². The number of ether oxygens (including phenoxy) is 2. The Bertz CT molecular complexity index is 419. The van der Waals surface area contributed by atoms with Gasteiger partial charge >= 0.3 is 0 Å². The van der Waals surface area contributed by atoms with Crippen LogP contribution in [-0.4, -0.2) is 32.9 Å². The minimum Gasteiger partial charge on any atom is -0.496 e. The van der Waals surface area contributed by atoms with Crippen molar-refractivity contribution in [3.63, 3.8) is 0 Å². The minimum absolute atomic E-state index is 0.301. The summed E-state index contributed by atoms with van der Waals surface area (Å²) in [6.45, 7) is 5.27. The number of hydrogen-bond donors (Lipinski definition) is 1. The molecule has 0 aliphatic carbocycles. The van der Waals surface area contributed by atoms with E-state index in [0.717, 1.165) is 25.2 Å². The van der Waals surface area contributed by atoms with Crippen molar-refractivity contribution in [3.05, 3.63) is 29.3 Å². The molecule has 19 heavy (non-hydrogen) atoms. The van der Waals surface area contributed by atoms with Gasteiger partial charge in [-0.2, -0.15) is 0 Å². The molecule has 1 aliphatic heterocycles. The second-order valence-corrected chi connectivity index (χ2v) is 5.52. The highest BCUT2D eigenvalue weighted by atomic mass is 16.5. The molecular formula is C16H25NO2. The molecule has 1 N–H and O–H groups in total. The molecule has 0 bridgehead atoms. The summed E-state index contributed by atoms with van der Waals surface area (Å²) in [6.07, 6.45) is 2.40. The van der Waals surface area contributed by atoms with Gasteiger partial charge in [0.1, 0.15) is 5.75 Å². The Balaban J connectivity index is 2.15. The Hall–Kier alpha value is -1.06. The lowest BCUT2D eigenvalue weighted by Crippen LogP contribution is -2.42. The summed E-state index contributed by atoms with van der Waals surface area (Å²) >= 11 is 0. The van der Waals surface area contributed by atoms with Gasteiger partial charge in [-0.15, -0.1) is 0 Å². The molecule has 2 rings (SSSR count). The van der Waals surface area contributed by atoms with Gasteiger partial charge in [0, 0.05) is 12.6 Å². The molecule has 1 aromatic rings. The summed E-state index contributed by atoms with van der Waals surface area (Å²) in [5.74, 6) is 1.59. The highest BCUT2D eigenvalue weighted by molar-refractivity contribution is 5.37. The lowest BCUT2D eigenvalue weighted by Gasteiger charge is -2.26. The number of benzene rings is 1. The third kappa shape index (κ3) is 3.28. The molecule has 0 saturated carbocycles. The molecule has 1 aromatic carbocycles. The summed E-state index contributed by atoms with van der Waals surface area (Å²) in [5, 5.41) is 3.41. The SMILES string of the molecule is CNC(Cc1cc(C)ccc1OC)C1OCCC1C. The van der Waals surface area contributed by atoms with Crippen LogP contribution in [0.5, 0.6) is 5.75 Å². The van der Waals surface area contributed by atoms with E-state index in [-0.39, 0.29) is 0 Å². The summed E-state index contributed by atoms with van der Waals surface area (Å²) in [6, 6.07) is 6.69. The van der Waals surface area contributed by atoms with E-state index in [0.29, 0.717) is 18.1 Å². The summed E-state index contributed by atoms with van der Waals surface area (Å²) < 4.78 is 11.4. The number of methoxy groups -OCH3 is 1. The van der Waals surface area contributed by atoms with E-state index >= 15 is 0 Å². The first-order valence-corrected chi connectivity index (χ1v) is 7.08. The molecule has 3 nitrogen and oxygen atoms in total. The Morgan fingerprint density at radius 1 is 1.47 bits per heavy atom. The van der Waals surface area contributed by atoms with Crippen LogP contribution in [0.4, 0.5) is 0 Å². The average molecular weight is 263 g/mol. The molecule has 0 aromatic heterocycles. The van der Waals surface area contributed by atoms with Crippen LogP contribution in [0.1, 0.15) is 24.5 Å². The predicted molar refractivity (Wildman–Crippen MR) is 77.8 cm³/mol. The maximum atomic E-state index is 5.89. The third-order valence-corrected chi connectivity index (χ3v) is 4.09. The van der Waals surface area contributed by atoms with E-state index in [4.69, 9.17) is 9.47 Å². The van der Waals surface area contributed by atoms with E-state index in [1.165, 1.54) is 11.1 Å². The fourth-order valence-corrected chi connectivity index (χ4v) is 2.92. The van der Waals surface area contributed by atoms with Crippen molar-refractivity contribution in [1.82, 2.24) is 5.32 Å². The maximum absolute atomic E-state index is 5.89. The number of hydrogen-bond acceptors (Lipinski definition) is 3. The average Bonchev–Trinajstić information content (AvgIpc) is 2.82. The van der Waals surface area contributed by atoms with Crippen LogP contribution in [0.3, 0.4) is 0 Å².